The van der Waals surface area contributed by atoms with Crippen LogP contribution in [0.5, 0.6) is 0 Å². The number of nitrogens with zero attached hydrogens (tertiary/aromatic N) is 1. The normalized spacial score (nSPS) is 24.7. The monoisotopic (exact) mass is 318 g/mol. The largest absolute Gasteiger partial charge is 0.427 e. The maximum atomic E-state index is 12.6. The first-order valence-corrected chi connectivity index (χ1v) is 6.84. The fourth-order valence-corrected chi connectivity index (χ4v) is 3.03. The van der Waals surface area contributed by atoms with E-state index in [9.17, 15) is 26.3 Å². The molecule has 1 aromatic heterocycles. The Morgan fingerprint density at radius 3 is 2.40 bits per heavy atom. The lowest BCUT2D eigenvalue weighted by Gasteiger charge is -2.30. The number of anilines is 1. The second-order valence-electron chi connectivity index (χ2n) is 4.77. The van der Waals surface area contributed by atoms with Crippen molar-refractivity contribution in [2.45, 2.75) is 44.1 Å². The molecule has 1 fully saturated rings. The highest BCUT2D eigenvalue weighted by Gasteiger charge is 2.42. The zero-order chi connectivity index (χ0) is 15.0. The van der Waals surface area contributed by atoms with Crippen molar-refractivity contribution in [2.75, 3.05) is 5.32 Å². The molecule has 2 nitrogen and oxygen atoms in total. The maximum absolute atomic E-state index is 12.6. The Balaban J connectivity index is 1.98. The van der Waals surface area contributed by atoms with Gasteiger partial charge in [-0.15, -0.1) is 0 Å². The smallest absolute Gasteiger partial charge is 0.359 e. The van der Waals surface area contributed by atoms with E-state index in [1.807, 2.05) is 0 Å². The van der Waals surface area contributed by atoms with Crippen molar-refractivity contribution in [3.63, 3.8) is 0 Å². The molecule has 1 aromatic rings. The lowest BCUT2D eigenvalue weighted by molar-refractivity contribution is -0.182. The number of hydrogen-bond acceptors (Lipinski definition) is 3. The molecular weight excluding hydrogens is 306 g/mol. The third kappa shape index (κ3) is 3.77. The SMILES string of the molecule is FC(F)(F)c1cnc(NC2CCCC(C(F)(F)F)C2)s1. The van der Waals surface area contributed by atoms with Crippen LogP contribution in [-0.4, -0.2) is 17.2 Å². The highest BCUT2D eigenvalue weighted by molar-refractivity contribution is 7.15. The van der Waals surface area contributed by atoms with Gasteiger partial charge in [-0.3, -0.25) is 0 Å². The second-order valence-corrected chi connectivity index (χ2v) is 5.80. The molecule has 1 N–H and O–H groups in total. The summed E-state index contributed by atoms with van der Waals surface area (Å²) in [7, 11) is 0. The highest BCUT2D eigenvalue weighted by atomic mass is 32.1. The lowest BCUT2D eigenvalue weighted by atomic mass is 9.85. The minimum Gasteiger partial charge on any atom is -0.359 e. The van der Waals surface area contributed by atoms with Gasteiger partial charge in [-0.25, -0.2) is 4.98 Å². The first kappa shape index (κ1) is 15.4. The van der Waals surface area contributed by atoms with Crippen molar-refractivity contribution in [1.82, 2.24) is 4.98 Å². The molecule has 2 atom stereocenters. The standard InChI is InChI=1S/C11H12F6N2S/c12-10(13,14)6-2-1-3-7(4-6)19-9-18-5-8(20-9)11(15,16)17/h5-7H,1-4H2,(H,18,19). The van der Waals surface area contributed by atoms with E-state index in [0.717, 1.165) is 0 Å². The van der Waals surface area contributed by atoms with Crippen LogP contribution in [0.4, 0.5) is 31.5 Å². The Labute approximate surface area is 115 Å². The van der Waals surface area contributed by atoms with E-state index >= 15 is 0 Å². The Hall–Kier alpha value is -0.990. The number of nitrogens with one attached hydrogen (secondary N) is 1. The van der Waals surface area contributed by atoms with Gasteiger partial charge in [-0.05, 0) is 19.3 Å². The second kappa shape index (κ2) is 5.42. The zero-order valence-corrected chi connectivity index (χ0v) is 11.0. The van der Waals surface area contributed by atoms with Crippen molar-refractivity contribution >= 4 is 16.5 Å². The average Bonchev–Trinajstić information content (AvgIpc) is 2.76. The first-order chi connectivity index (χ1) is 9.16. The number of aromatic nitrogens is 1. The van der Waals surface area contributed by atoms with Gasteiger partial charge in [0.25, 0.3) is 0 Å². The predicted octanol–water partition coefficient (Wildman–Crippen LogP) is 4.69. The molecule has 0 aliphatic heterocycles. The van der Waals surface area contributed by atoms with Crippen LogP contribution in [0.1, 0.15) is 30.6 Å². The molecule has 0 bridgehead atoms. The Morgan fingerprint density at radius 1 is 1.15 bits per heavy atom. The summed E-state index contributed by atoms with van der Waals surface area (Å²) in [4.78, 5) is 2.71. The predicted molar refractivity (Wildman–Crippen MR) is 62.5 cm³/mol. The van der Waals surface area contributed by atoms with E-state index < -0.39 is 29.2 Å². The molecule has 2 unspecified atom stereocenters. The number of alkyl halides is 6. The van der Waals surface area contributed by atoms with Gasteiger partial charge in [-0.1, -0.05) is 17.8 Å². The van der Waals surface area contributed by atoms with Crippen LogP contribution >= 0.6 is 11.3 Å². The van der Waals surface area contributed by atoms with Gasteiger partial charge in [0.2, 0.25) is 0 Å². The molecule has 9 heteroatoms. The third-order valence-corrected chi connectivity index (χ3v) is 4.22. The van der Waals surface area contributed by atoms with E-state index in [4.69, 9.17) is 0 Å². The molecule has 0 spiro atoms. The van der Waals surface area contributed by atoms with Crippen molar-refractivity contribution < 1.29 is 26.3 Å². The first-order valence-electron chi connectivity index (χ1n) is 6.02. The summed E-state index contributed by atoms with van der Waals surface area (Å²) in [5, 5.41) is 2.70. The third-order valence-electron chi connectivity index (χ3n) is 3.25. The summed E-state index contributed by atoms with van der Waals surface area (Å²) < 4.78 is 75.0. The van der Waals surface area contributed by atoms with E-state index in [1.165, 1.54) is 0 Å². The van der Waals surface area contributed by atoms with Gasteiger partial charge in [0, 0.05) is 6.04 Å². The molecule has 1 aliphatic carbocycles. The van der Waals surface area contributed by atoms with Crippen LogP contribution in [-0.2, 0) is 6.18 Å². The van der Waals surface area contributed by atoms with Crippen molar-refractivity contribution in [3.05, 3.63) is 11.1 Å². The van der Waals surface area contributed by atoms with Crippen LogP contribution in [0.3, 0.4) is 0 Å². The molecule has 0 radical (unpaired) electrons. The maximum Gasteiger partial charge on any atom is 0.427 e. The van der Waals surface area contributed by atoms with E-state index in [1.54, 1.807) is 0 Å². The fourth-order valence-electron chi connectivity index (χ4n) is 2.26. The Kier molecular flexibility index (Phi) is 4.17. The van der Waals surface area contributed by atoms with Crippen molar-refractivity contribution in [1.29, 1.82) is 0 Å². The number of hydrogen-bond donors (Lipinski definition) is 1. The topological polar surface area (TPSA) is 24.9 Å². The molecule has 1 aliphatic rings. The van der Waals surface area contributed by atoms with E-state index in [2.05, 4.69) is 10.3 Å². The molecule has 0 saturated heterocycles. The lowest BCUT2D eigenvalue weighted by Crippen LogP contribution is -2.34. The number of rotatable bonds is 2. The Morgan fingerprint density at radius 2 is 1.85 bits per heavy atom. The van der Waals surface area contributed by atoms with Gasteiger partial charge in [0.15, 0.2) is 5.13 Å². The van der Waals surface area contributed by atoms with Gasteiger partial charge in [-0.2, -0.15) is 26.3 Å². The summed E-state index contributed by atoms with van der Waals surface area (Å²) >= 11 is 0.414. The summed E-state index contributed by atoms with van der Waals surface area (Å²) in [5.41, 5.74) is 0. The van der Waals surface area contributed by atoms with E-state index in [-0.39, 0.29) is 18.0 Å². The molecule has 20 heavy (non-hydrogen) atoms. The van der Waals surface area contributed by atoms with Gasteiger partial charge < -0.3 is 5.32 Å². The summed E-state index contributed by atoms with van der Waals surface area (Å²) in [6.07, 6.45) is -7.17. The van der Waals surface area contributed by atoms with Crippen LogP contribution in [0.15, 0.2) is 6.20 Å². The summed E-state index contributed by atoms with van der Waals surface area (Å²) in [6.45, 7) is 0. The minimum absolute atomic E-state index is 0.0187. The summed E-state index contributed by atoms with van der Waals surface area (Å²) in [5.74, 6) is -1.39. The number of thiazole rings is 1. The fraction of sp³-hybridized carbons (Fsp3) is 0.727. The molecule has 2 rings (SSSR count). The average molecular weight is 318 g/mol. The van der Waals surface area contributed by atoms with Crippen LogP contribution in [0.2, 0.25) is 0 Å². The van der Waals surface area contributed by atoms with Crippen LogP contribution < -0.4 is 5.32 Å². The number of halogens is 6. The molecule has 0 amide bonds. The van der Waals surface area contributed by atoms with Gasteiger partial charge in [0.05, 0.1) is 12.1 Å². The quantitative estimate of drug-likeness (QED) is 0.800. The highest BCUT2D eigenvalue weighted by Crippen LogP contribution is 2.39. The molecular formula is C11H12F6N2S. The van der Waals surface area contributed by atoms with Crippen LogP contribution in [0.25, 0.3) is 0 Å². The van der Waals surface area contributed by atoms with Crippen molar-refractivity contribution in [3.8, 4) is 0 Å². The van der Waals surface area contributed by atoms with E-state index in [0.29, 0.717) is 30.4 Å². The van der Waals surface area contributed by atoms with Crippen molar-refractivity contribution in [2.24, 2.45) is 5.92 Å². The molecule has 0 aromatic carbocycles. The zero-order valence-electron chi connectivity index (χ0n) is 10.2. The van der Waals surface area contributed by atoms with Crippen LogP contribution in [0, 0.1) is 5.92 Å². The minimum atomic E-state index is -4.47. The van der Waals surface area contributed by atoms with Gasteiger partial charge >= 0.3 is 12.4 Å². The summed E-state index contributed by atoms with van der Waals surface area (Å²) in [6, 6.07) is -0.484. The molecule has 1 saturated carbocycles. The molecule has 1 heterocycles. The Bertz CT molecular complexity index is 453. The molecule has 114 valence electrons. The van der Waals surface area contributed by atoms with Gasteiger partial charge in [0.1, 0.15) is 4.88 Å².